The molecule has 1 aromatic carbocycles. The molecule has 0 bridgehead atoms. The van der Waals surface area contributed by atoms with Gasteiger partial charge in [0.2, 0.25) is 0 Å². The number of hydrogen-bond donors (Lipinski definition) is 1. The van der Waals surface area contributed by atoms with Crippen LogP contribution in [0.4, 0.5) is 11.4 Å². The highest BCUT2D eigenvalue weighted by Gasteiger charge is 2.13. The first-order valence-electron chi connectivity index (χ1n) is 5.37. The van der Waals surface area contributed by atoms with Crippen LogP contribution in [0.3, 0.4) is 0 Å². The Labute approximate surface area is 102 Å². The first-order valence-corrected chi connectivity index (χ1v) is 5.74. The van der Waals surface area contributed by atoms with Gasteiger partial charge in [0.25, 0.3) is 0 Å². The highest BCUT2D eigenvalue weighted by atomic mass is 35.5. The Kier molecular flexibility index (Phi) is 4.90. The van der Waals surface area contributed by atoms with Gasteiger partial charge in [0.15, 0.2) is 0 Å². The van der Waals surface area contributed by atoms with Gasteiger partial charge in [-0.2, -0.15) is 0 Å². The zero-order chi connectivity index (χ0) is 12.1. The lowest BCUT2D eigenvalue weighted by Crippen LogP contribution is -2.34. The van der Waals surface area contributed by atoms with E-state index in [9.17, 15) is 0 Å². The Morgan fingerprint density at radius 2 is 2.12 bits per heavy atom. The fourth-order valence-electron chi connectivity index (χ4n) is 1.60. The van der Waals surface area contributed by atoms with E-state index in [4.69, 9.17) is 22.1 Å². The Bertz CT molecular complexity index is 342. The SMILES string of the molecule is COCCN(c1ccc(N)cc1Cl)C(C)C. The second-order valence-corrected chi connectivity index (χ2v) is 4.40. The van der Waals surface area contributed by atoms with Gasteiger partial charge >= 0.3 is 0 Å². The number of benzene rings is 1. The normalized spacial score (nSPS) is 10.8. The summed E-state index contributed by atoms with van der Waals surface area (Å²) in [4.78, 5) is 2.20. The molecule has 0 spiro atoms. The number of ether oxygens (including phenoxy) is 1. The number of nitrogen functional groups attached to an aromatic ring is 1. The molecule has 16 heavy (non-hydrogen) atoms. The molecule has 0 heterocycles. The number of hydrogen-bond acceptors (Lipinski definition) is 3. The van der Waals surface area contributed by atoms with Crippen molar-refractivity contribution >= 4 is 23.0 Å². The van der Waals surface area contributed by atoms with Gasteiger partial charge in [0, 0.05) is 25.4 Å². The van der Waals surface area contributed by atoms with Gasteiger partial charge in [-0.3, -0.25) is 0 Å². The largest absolute Gasteiger partial charge is 0.399 e. The summed E-state index contributed by atoms with van der Waals surface area (Å²) in [5.74, 6) is 0. The first kappa shape index (κ1) is 13.1. The van der Waals surface area contributed by atoms with Gasteiger partial charge in [-0.25, -0.2) is 0 Å². The molecule has 4 heteroatoms. The van der Waals surface area contributed by atoms with Crippen LogP contribution in [0, 0.1) is 0 Å². The third kappa shape index (κ3) is 3.29. The van der Waals surface area contributed by atoms with Crippen LogP contribution in [-0.4, -0.2) is 26.3 Å². The minimum Gasteiger partial charge on any atom is -0.399 e. The summed E-state index contributed by atoms with van der Waals surface area (Å²) in [6.45, 7) is 5.75. The zero-order valence-electron chi connectivity index (χ0n) is 10.0. The molecule has 0 amide bonds. The number of nitrogens with zero attached hydrogens (tertiary/aromatic N) is 1. The van der Waals surface area contributed by atoms with Crippen molar-refractivity contribution in [2.45, 2.75) is 19.9 Å². The Balaban J connectivity index is 2.92. The maximum Gasteiger partial charge on any atom is 0.0660 e. The van der Waals surface area contributed by atoms with E-state index in [0.717, 1.165) is 12.2 Å². The first-order chi connectivity index (χ1) is 7.56. The number of halogens is 1. The lowest BCUT2D eigenvalue weighted by Gasteiger charge is -2.29. The Hall–Kier alpha value is -0.930. The van der Waals surface area contributed by atoms with Crippen molar-refractivity contribution in [3.63, 3.8) is 0 Å². The summed E-state index contributed by atoms with van der Waals surface area (Å²) in [5.41, 5.74) is 7.36. The monoisotopic (exact) mass is 242 g/mol. The van der Waals surface area contributed by atoms with E-state index < -0.39 is 0 Å². The maximum atomic E-state index is 6.18. The third-order valence-electron chi connectivity index (χ3n) is 2.44. The average molecular weight is 243 g/mol. The fourth-order valence-corrected chi connectivity index (χ4v) is 1.90. The van der Waals surface area contributed by atoms with Crippen LogP contribution in [0.15, 0.2) is 18.2 Å². The molecule has 0 aromatic heterocycles. The second-order valence-electron chi connectivity index (χ2n) is 3.99. The van der Waals surface area contributed by atoms with Crippen LogP contribution in [0.5, 0.6) is 0 Å². The van der Waals surface area contributed by atoms with Crippen molar-refractivity contribution < 1.29 is 4.74 Å². The van der Waals surface area contributed by atoms with Gasteiger partial charge in [0.05, 0.1) is 17.3 Å². The van der Waals surface area contributed by atoms with Crippen LogP contribution in [0.1, 0.15) is 13.8 Å². The number of rotatable bonds is 5. The van der Waals surface area contributed by atoms with Crippen molar-refractivity contribution in [1.82, 2.24) is 0 Å². The summed E-state index contributed by atoms with van der Waals surface area (Å²) >= 11 is 6.18. The van der Waals surface area contributed by atoms with Crippen LogP contribution in [0.2, 0.25) is 5.02 Å². The summed E-state index contributed by atoms with van der Waals surface area (Å²) < 4.78 is 5.10. The van der Waals surface area contributed by atoms with Gasteiger partial charge in [-0.05, 0) is 32.0 Å². The van der Waals surface area contributed by atoms with Crippen molar-refractivity contribution in [3.8, 4) is 0 Å². The van der Waals surface area contributed by atoms with Crippen molar-refractivity contribution in [1.29, 1.82) is 0 Å². The second kappa shape index (κ2) is 5.97. The van der Waals surface area contributed by atoms with E-state index in [2.05, 4.69) is 18.7 Å². The summed E-state index contributed by atoms with van der Waals surface area (Å²) in [7, 11) is 1.70. The zero-order valence-corrected chi connectivity index (χ0v) is 10.8. The molecule has 1 rings (SSSR count). The predicted molar refractivity (Wildman–Crippen MR) is 70.2 cm³/mol. The molecule has 0 aliphatic heterocycles. The molecule has 0 fully saturated rings. The Morgan fingerprint density at radius 1 is 1.44 bits per heavy atom. The van der Waals surface area contributed by atoms with Crippen molar-refractivity contribution in [2.24, 2.45) is 0 Å². The molecule has 0 atom stereocenters. The molecule has 3 nitrogen and oxygen atoms in total. The number of anilines is 2. The van der Waals surface area contributed by atoms with Gasteiger partial charge in [0.1, 0.15) is 0 Å². The molecule has 0 saturated carbocycles. The van der Waals surface area contributed by atoms with Gasteiger partial charge < -0.3 is 15.4 Å². The van der Waals surface area contributed by atoms with Crippen LogP contribution in [0.25, 0.3) is 0 Å². The van der Waals surface area contributed by atoms with Crippen molar-refractivity contribution in [3.05, 3.63) is 23.2 Å². The molecule has 0 aliphatic carbocycles. The predicted octanol–water partition coefficient (Wildman–Crippen LogP) is 2.78. The molecule has 1 aromatic rings. The summed E-state index contributed by atoms with van der Waals surface area (Å²) in [5, 5.41) is 0.685. The van der Waals surface area contributed by atoms with Crippen LogP contribution >= 0.6 is 11.6 Å². The average Bonchev–Trinajstić information content (AvgIpc) is 2.20. The van der Waals surface area contributed by atoms with E-state index in [-0.39, 0.29) is 0 Å². The maximum absolute atomic E-state index is 6.18. The molecule has 0 aliphatic rings. The quantitative estimate of drug-likeness (QED) is 0.807. The lowest BCUT2D eigenvalue weighted by molar-refractivity contribution is 0.204. The highest BCUT2D eigenvalue weighted by Crippen LogP contribution is 2.28. The molecule has 2 N–H and O–H groups in total. The standard InChI is InChI=1S/C12H19ClN2O/c1-9(2)15(6-7-16-3)12-5-4-10(14)8-11(12)13/h4-5,8-9H,6-7,14H2,1-3H3. The lowest BCUT2D eigenvalue weighted by atomic mass is 10.2. The fraction of sp³-hybridized carbons (Fsp3) is 0.500. The molecular weight excluding hydrogens is 224 g/mol. The van der Waals surface area contributed by atoms with Gasteiger partial charge in [-0.1, -0.05) is 11.6 Å². The van der Waals surface area contributed by atoms with E-state index >= 15 is 0 Å². The van der Waals surface area contributed by atoms with E-state index in [1.165, 1.54) is 0 Å². The third-order valence-corrected chi connectivity index (χ3v) is 2.74. The molecule has 0 unspecified atom stereocenters. The minimum atomic E-state index is 0.372. The van der Waals surface area contributed by atoms with Crippen LogP contribution in [-0.2, 0) is 4.74 Å². The van der Waals surface area contributed by atoms with Gasteiger partial charge in [-0.15, -0.1) is 0 Å². The smallest absolute Gasteiger partial charge is 0.0660 e. The highest BCUT2D eigenvalue weighted by molar-refractivity contribution is 6.33. The number of methoxy groups -OCH3 is 1. The van der Waals surface area contributed by atoms with Crippen LogP contribution < -0.4 is 10.6 Å². The summed E-state index contributed by atoms with van der Waals surface area (Å²) in [6, 6.07) is 5.96. The van der Waals surface area contributed by atoms with Crippen molar-refractivity contribution in [2.75, 3.05) is 30.9 Å². The molecule has 90 valence electrons. The minimum absolute atomic E-state index is 0.372. The Morgan fingerprint density at radius 3 is 2.62 bits per heavy atom. The molecule has 0 radical (unpaired) electrons. The molecule has 0 saturated heterocycles. The van der Waals surface area contributed by atoms with E-state index in [1.54, 1.807) is 13.2 Å². The summed E-state index contributed by atoms with van der Waals surface area (Å²) in [6.07, 6.45) is 0. The molecular formula is C12H19ClN2O. The topological polar surface area (TPSA) is 38.5 Å². The van der Waals surface area contributed by atoms with E-state index in [1.807, 2.05) is 12.1 Å². The number of nitrogens with two attached hydrogens (primary N) is 1. The van der Waals surface area contributed by atoms with E-state index in [0.29, 0.717) is 23.4 Å².